The average Bonchev–Trinajstić information content (AvgIpc) is 2.92. The maximum Gasteiger partial charge on any atom is 0.332 e. The molecule has 0 spiro atoms. The molecule has 0 saturated carbocycles. The molecule has 0 aliphatic carbocycles. The molecule has 1 atom stereocenters. The largest absolute Gasteiger partial charge is 0.394 e. The third-order valence-corrected chi connectivity index (χ3v) is 7.70. The standard InChI is InChI=1S/C33H65NO4/c1-2-3-4-5-6-7-8-9-10-11-12-13-14-15-16-17-18-19-20-21-22-23-24-25-26-27-28-29-32(36)38-33(37)31(34)30-35/h31,35H,2-30,34H2,1H3/t31-/m0/s1. The van der Waals surface area contributed by atoms with E-state index in [0.29, 0.717) is 0 Å². The summed E-state index contributed by atoms with van der Waals surface area (Å²) in [5, 5.41) is 8.76. The average molecular weight is 540 g/mol. The van der Waals surface area contributed by atoms with E-state index < -0.39 is 24.6 Å². The van der Waals surface area contributed by atoms with Crippen LogP contribution >= 0.6 is 0 Å². The quantitative estimate of drug-likeness (QED) is 0.0539. The molecule has 0 aliphatic rings. The van der Waals surface area contributed by atoms with Crippen LogP contribution < -0.4 is 5.73 Å². The van der Waals surface area contributed by atoms with Gasteiger partial charge in [-0.05, 0) is 6.42 Å². The lowest BCUT2D eigenvalue weighted by Crippen LogP contribution is -2.36. The molecule has 0 fully saturated rings. The molecule has 0 aromatic heterocycles. The van der Waals surface area contributed by atoms with E-state index in [1.807, 2.05) is 0 Å². The third kappa shape index (κ3) is 28.1. The zero-order valence-corrected chi connectivity index (χ0v) is 25.3. The van der Waals surface area contributed by atoms with E-state index in [4.69, 9.17) is 10.8 Å². The van der Waals surface area contributed by atoms with Gasteiger partial charge in [0.2, 0.25) is 0 Å². The van der Waals surface area contributed by atoms with Gasteiger partial charge >= 0.3 is 11.9 Å². The van der Waals surface area contributed by atoms with Crippen LogP contribution in [-0.4, -0.2) is 29.7 Å². The van der Waals surface area contributed by atoms with E-state index in [2.05, 4.69) is 11.7 Å². The highest BCUT2D eigenvalue weighted by molar-refractivity contribution is 5.88. The molecular weight excluding hydrogens is 474 g/mol. The SMILES string of the molecule is CCCCCCCCCCCCCCCCCCCCCCCCCCCCCC(=O)OC(=O)[C@@H](N)CO. The van der Waals surface area contributed by atoms with Crippen molar-refractivity contribution in [3.05, 3.63) is 0 Å². The fourth-order valence-corrected chi connectivity index (χ4v) is 5.08. The van der Waals surface area contributed by atoms with Gasteiger partial charge in [0.1, 0.15) is 6.04 Å². The predicted molar refractivity (Wildman–Crippen MR) is 161 cm³/mol. The second-order valence-electron chi connectivity index (χ2n) is 11.5. The first-order valence-corrected chi connectivity index (χ1v) is 16.7. The summed E-state index contributed by atoms with van der Waals surface area (Å²) in [6, 6.07) is -1.13. The molecule has 5 nitrogen and oxygen atoms in total. The maximum absolute atomic E-state index is 11.5. The molecule has 0 heterocycles. The van der Waals surface area contributed by atoms with Crippen molar-refractivity contribution in [2.75, 3.05) is 6.61 Å². The number of hydrogen-bond acceptors (Lipinski definition) is 5. The van der Waals surface area contributed by atoms with Gasteiger partial charge in [0, 0.05) is 6.42 Å². The number of aliphatic hydroxyl groups excluding tert-OH is 1. The topological polar surface area (TPSA) is 89.6 Å². The summed E-state index contributed by atoms with van der Waals surface area (Å²) < 4.78 is 4.60. The van der Waals surface area contributed by atoms with Crippen molar-refractivity contribution in [1.82, 2.24) is 0 Å². The lowest BCUT2D eigenvalue weighted by atomic mass is 10.0. The van der Waals surface area contributed by atoms with Crippen LogP contribution in [0.1, 0.15) is 187 Å². The van der Waals surface area contributed by atoms with Crippen LogP contribution in [0.25, 0.3) is 0 Å². The van der Waals surface area contributed by atoms with Crippen LogP contribution in [0.2, 0.25) is 0 Å². The number of carbonyl (C=O) groups is 2. The molecule has 0 aromatic rings. The van der Waals surface area contributed by atoms with Crippen molar-refractivity contribution >= 4 is 11.9 Å². The Morgan fingerprint density at radius 3 is 1.05 bits per heavy atom. The van der Waals surface area contributed by atoms with E-state index >= 15 is 0 Å². The number of hydrogen-bond donors (Lipinski definition) is 2. The Balaban J connectivity index is 3.15. The number of aliphatic hydroxyl groups is 1. The van der Waals surface area contributed by atoms with E-state index in [-0.39, 0.29) is 6.42 Å². The molecule has 226 valence electrons. The fourth-order valence-electron chi connectivity index (χ4n) is 5.08. The molecule has 0 aromatic carbocycles. The minimum atomic E-state index is -1.13. The van der Waals surface area contributed by atoms with Crippen molar-refractivity contribution in [2.45, 2.75) is 193 Å². The van der Waals surface area contributed by atoms with Crippen molar-refractivity contribution < 1.29 is 19.4 Å². The highest BCUT2D eigenvalue weighted by Crippen LogP contribution is 2.16. The zero-order chi connectivity index (χ0) is 27.9. The molecule has 0 amide bonds. The zero-order valence-electron chi connectivity index (χ0n) is 25.3. The highest BCUT2D eigenvalue weighted by Gasteiger charge is 2.17. The second-order valence-corrected chi connectivity index (χ2v) is 11.5. The molecule has 5 heteroatoms. The molecule has 0 radical (unpaired) electrons. The summed E-state index contributed by atoms with van der Waals surface area (Å²) in [5.41, 5.74) is 5.31. The summed E-state index contributed by atoms with van der Waals surface area (Å²) >= 11 is 0. The third-order valence-electron chi connectivity index (χ3n) is 7.70. The molecule has 3 N–H and O–H groups in total. The summed E-state index contributed by atoms with van der Waals surface area (Å²) in [4.78, 5) is 22.8. The normalized spacial score (nSPS) is 12.1. The van der Waals surface area contributed by atoms with Gasteiger partial charge in [-0.25, -0.2) is 4.79 Å². The number of carbonyl (C=O) groups excluding carboxylic acids is 2. The Kier molecular flexibility index (Phi) is 29.8. The molecule has 0 aliphatic heterocycles. The van der Waals surface area contributed by atoms with E-state index in [1.165, 1.54) is 154 Å². The van der Waals surface area contributed by atoms with Crippen molar-refractivity contribution in [1.29, 1.82) is 0 Å². The minimum Gasteiger partial charge on any atom is -0.394 e. The van der Waals surface area contributed by atoms with Crippen LogP contribution in [-0.2, 0) is 14.3 Å². The summed E-state index contributed by atoms with van der Waals surface area (Å²) in [6.45, 7) is 1.78. The van der Waals surface area contributed by atoms with Gasteiger partial charge in [0.05, 0.1) is 6.61 Å². The number of ether oxygens (including phenoxy) is 1. The number of rotatable bonds is 30. The Morgan fingerprint density at radius 1 is 0.526 bits per heavy atom. The first kappa shape index (κ1) is 37.1. The maximum atomic E-state index is 11.5. The molecule has 0 unspecified atom stereocenters. The van der Waals surface area contributed by atoms with Crippen molar-refractivity contribution in [3.63, 3.8) is 0 Å². The monoisotopic (exact) mass is 539 g/mol. The lowest BCUT2D eigenvalue weighted by Gasteiger charge is -2.07. The van der Waals surface area contributed by atoms with Gasteiger partial charge in [-0.15, -0.1) is 0 Å². The molecule has 38 heavy (non-hydrogen) atoms. The van der Waals surface area contributed by atoms with Gasteiger partial charge in [-0.2, -0.15) is 0 Å². The van der Waals surface area contributed by atoms with Crippen molar-refractivity contribution in [2.24, 2.45) is 5.73 Å². The smallest absolute Gasteiger partial charge is 0.332 e. The highest BCUT2D eigenvalue weighted by atomic mass is 16.6. The van der Waals surface area contributed by atoms with E-state index in [0.717, 1.165) is 19.3 Å². The summed E-state index contributed by atoms with van der Waals surface area (Å²) in [7, 11) is 0. The number of nitrogens with two attached hydrogens (primary N) is 1. The van der Waals surface area contributed by atoms with Crippen LogP contribution in [0.15, 0.2) is 0 Å². The predicted octanol–water partition coefficient (Wildman–Crippen LogP) is 9.32. The van der Waals surface area contributed by atoms with Crippen LogP contribution in [0, 0.1) is 0 Å². The summed E-state index contributed by atoms with van der Waals surface area (Å²) in [6.07, 6.45) is 36.9. The fraction of sp³-hybridized carbons (Fsp3) is 0.939. The van der Waals surface area contributed by atoms with Gasteiger partial charge < -0.3 is 15.6 Å². The number of esters is 2. The van der Waals surface area contributed by atoms with E-state index in [1.54, 1.807) is 0 Å². The Hall–Kier alpha value is -0.940. The van der Waals surface area contributed by atoms with Gasteiger partial charge in [0.25, 0.3) is 0 Å². The molecular formula is C33H65NO4. The van der Waals surface area contributed by atoms with Crippen LogP contribution in [0.3, 0.4) is 0 Å². The first-order valence-electron chi connectivity index (χ1n) is 16.7. The Bertz CT molecular complexity index is 511. The van der Waals surface area contributed by atoms with Crippen molar-refractivity contribution in [3.8, 4) is 0 Å². The Morgan fingerprint density at radius 2 is 0.789 bits per heavy atom. The number of unbranched alkanes of at least 4 members (excludes halogenated alkanes) is 26. The van der Waals surface area contributed by atoms with Crippen LogP contribution in [0.4, 0.5) is 0 Å². The Labute approximate surface area is 236 Å². The lowest BCUT2D eigenvalue weighted by molar-refractivity contribution is -0.161. The van der Waals surface area contributed by atoms with E-state index in [9.17, 15) is 9.59 Å². The first-order chi connectivity index (χ1) is 18.6. The molecule has 0 bridgehead atoms. The van der Waals surface area contributed by atoms with Gasteiger partial charge in [-0.1, -0.05) is 174 Å². The second kappa shape index (κ2) is 30.6. The summed E-state index contributed by atoms with van der Waals surface area (Å²) in [5.74, 6) is -1.39. The molecule has 0 saturated heterocycles. The van der Waals surface area contributed by atoms with Crippen LogP contribution in [0.5, 0.6) is 0 Å². The van der Waals surface area contributed by atoms with Gasteiger partial charge in [-0.3, -0.25) is 4.79 Å². The molecule has 0 rings (SSSR count). The minimum absolute atomic E-state index is 0.239. The van der Waals surface area contributed by atoms with Gasteiger partial charge in [0.15, 0.2) is 0 Å².